The minimum atomic E-state index is -4.64. The predicted octanol–water partition coefficient (Wildman–Crippen LogP) is 2.65. The molecule has 19 heavy (non-hydrogen) atoms. The highest BCUT2D eigenvalue weighted by molar-refractivity contribution is 5.77. The number of alkyl halides is 3. The topological polar surface area (TPSA) is 52.3 Å². The van der Waals surface area contributed by atoms with E-state index in [2.05, 4.69) is 0 Å². The van der Waals surface area contributed by atoms with Crippen molar-refractivity contribution in [2.24, 2.45) is 11.1 Å². The van der Waals surface area contributed by atoms with Gasteiger partial charge in [-0.15, -0.1) is 0 Å². The smallest absolute Gasteiger partial charge is 0.404 e. The van der Waals surface area contributed by atoms with Crippen LogP contribution in [0.2, 0.25) is 0 Å². The van der Waals surface area contributed by atoms with Crippen molar-refractivity contribution < 1.29 is 22.7 Å². The Morgan fingerprint density at radius 1 is 1.26 bits per heavy atom. The monoisotopic (exact) mass is 275 g/mol. The number of carbonyl (C=O) groups excluding carboxylic acids is 1. The molecule has 0 aliphatic rings. The van der Waals surface area contributed by atoms with Crippen LogP contribution in [-0.4, -0.2) is 18.2 Å². The van der Waals surface area contributed by atoms with Crippen molar-refractivity contribution in [1.82, 2.24) is 0 Å². The number of hydrogen-bond donors (Lipinski definition) is 1. The number of ether oxygens (including phenoxy) is 1. The molecule has 1 rings (SSSR count). The number of nitrogens with two attached hydrogens (primary N) is 1. The Labute approximate surface area is 109 Å². The molecule has 0 saturated carbocycles. The van der Waals surface area contributed by atoms with Gasteiger partial charge >= 0.3 is 12.1 Å². The minimum absolute atomic E-state index is 0.0757. The second kappa shape index (κ2) is 5.61. The van der Waals surface area contributed by atoms with Gasteiger partial charge in [0.1, 0.15) is 12.6 Å². The molecule has 106 valence electrons. The summed E-state index contributed by atoms with van der Waals surface area (Å²) >= 11 is 0. The van der Waals surface area contributed by atoms with E-state index in [1.165, 1.54) is 0 Å². The average Bonchev–Trinajstić information content (AvgIpc) is 2.35. The Morgan fingerprint density at radius 3 is 2.26 bits per heavy atom. The number of hydrogen-bond acceptors (Lipinski definition) is 3. The molecule has 2 N–H and O–H groups in total. The van der Waals surface area contributed by atoms with E-state index in [9.17, 15) is 18.0 Å². The molecule has 1 aromatic carbocycles. The van der Waals surface area contributed by atoms with E-state index in [0.29, 0.717) is 5.56 Å². The van der Waals surface area contributed by atoms with E-state index >= 15 is 0 Å². The molecule has 0 aliphatic heterocycles. The lowest BCUT2D eigenvalue weighted by molar-refractivity contribution is -0.189. The van der Waals surface area contributed by atoms with E-state index in [1.807, 2.05) is 0 Å². The first-order valence-corrected chi connectivity index (χ1v) is 5.69. The van der Waals surface area contributed by atoms with Crippen LogP contribution in [0.1, 0.15) is 19.4 Å². The van der Waals surface area contributed by atoms with Crippen LogP contribution in [0.15, 0.2) is 30.3 Å². The number of rotatable bonds is 4. The highest BCUT2D eigenvalue weighted by Crippen LogP contribution is 2.33. The Kier molecular flexibility index (Phi) is 4.57. The van der Waals surface area contributed by atoms with Gasteiger partial charge in [0.2, 0.25) is 0 Å². The first-order chi connectivity index (χ1) is 8.65. The summed E-state index contributed by atoms with van der Waals surface area (Å²) in [6.07, 6.45) is -4.64. The maximum atomic E-state index is 12.5. The standard InChI is InChI=1S/C13H16F3NO2/c1-12(2,10(17)13(14,15)16)11(18)19-8-9-6-4-3-5-7-9/h3-7,10H,8,17H2,1-2H3/t10-/m0/s1. The Hall–Kier alpha value is -1.56. The fraction of sp³-hybridized carbons (Fsp3) is 0.462. The summed E-state index contributed by atoms with van der Waals surface area (Å²) in [5.41, 5.74) is 3.95. The van der Waals surface area contributed by atoms with Crippen molar-refractivity contribution in [2.75, 3.05) is 0 Å². The van der Waals surface area contributed by atoms with Crippen LogP contribution < -0.4 is 5.73 Å². The summed E-state index contributed by atoms with van der Waals surface area (Å²) in [7, 11) is 0. The molecule has 0 fully saturated rings. The first-order valence-electron chi connectivity index (χ1n) is 5.69. The quantitative estimate of drug-likeness (QED) is 0.859. The molecule has 3 nitrogen and oxygen atoms in total. The maximum Gasteiger partial charge on any atom is 0.404 e. The van der Waals surface area contributed by atoms with Gasteiger partial charge in [-0.25, -0.2) is 0 Å². The van der Waals surface area contributed by atoms with Gasteiger partial charge < -0.3 is 10.5 Å². The molecule has 0 radical (unpaired) electrons. The summed E-state index contributed by atoms with van der Waals surface area (Å²) in [5.74, 6) is -0.971. The second-order valence-corrected chi connectivity index (χ2v) is 4.80. The number of esters is 1. The fourth-order valence-corrected chi connectivity index (χ4v) is 1.45. The first kappa shape index (κ1) is 15.5. The van der Waals surface area contributed by atoms with Crippen molar-refractivity contribution in [2.45, 2.75) is 32.7 Å². The van der Waals surface area contributed by atoms with Crippen molar-refractivity contribution in [1.29, 1.82) is 0 Å². The summed E-state index contributed by atoms with van der Waals surface area (Å²) in [6.45, 7) is 2.17. The third-order valence-electron chi connectivity index (χ3n) is 2.87. The van der Waals surface area contributed by atoms with Crippen molar-refractivity contribution in [3.8, 4) is 0 Å². The summed E-state index contributed by atoms with van der Waals surface area (Å²) in [6, 6.07) is 6.44. The number of carbonyl (C=O) groups is 1. The van der Waals surface area contributed by atoms with E-state index < -0.39 is 23.6 Å². The molecule has 0 bridgehead atoms. The van der Waals surface area contributed by atoms with E-state index in [1.54, 1.807) is 30.3 Å². The van der Waals surface area contributed by atoms with Crippen molar-refractivity contribution in [3.63, 3.8) is 0 Å². The Balaban J connectivity index is 2.67. The maximum absolute atomic E-state index is 12.5. The molecule has 0 unspecified atom stereocenters. The summed E-state index contributed by atoms with van der Waals surface area (Å²) in [4.78, 5) is 11.7. The molecule has 0 aromatic heterocycles. The van der Waals surface area contributed by atoms with E-state index in [-0.39, 0.29) is 6.61 Å². The Bertz CT molecular complexity index is 429. The molecule has 6 heteroatoms. The molecular formula is C13H16F3NO2. The lowest BCUT2D eigenvalue weighted by Gasteiger charge is -2.30. The lowest BCUT2D eigenvalue weighted by Crippen LogP contribution is -2.53. The fourth-order valence-electron chi connectivity index (χ4n) is 1.45. The number of halogens is 3. The van der Waals surface area contributed by atoms with Crippen LogP contribution in [0.25, 0.3) is 0 Å². The third-order valence-corrected chi connectivity index (χ3v) is 2.87. The van der Waals surface area contributed by atoms with Gasteiger partial charge in [0, 0.05) is 0 Å². The zero-order valence-electron chi connectivity index (χ0n) is 10.7. The van der Waals surface area contributed by atoms with Gasteiger partial charge in [-0.1, -0.05) is 30.3 Å². The highest BCUT2D eigenvalue weighted by Gasteiger charge is 2.51. The van der Waals surface area contributed by atoms with Gasteiger partial charge in [-0.05, 0) is 19.4 Å². The van der Waals surface area contributed by atoms with Crippen molar-refractivity contribution in [3.05, 3.63) is 35.9 Å². The van der Waals surface area contributed by atoms with Crippen LogP contribution in [0.5, 0.6) is 0 Å². The lowest BCUT2D eigenvalue weighted by atomic mass is 9.84. The predicted molar refractivity (Wildman–Crippen MR) is 64.0 cm³/mol. The average molecular weight is 275 g/mol. The molecule has 0 aliphatic carbocycles. The number of benzene rings is 1. The second-order valence-electron chi connectivity index (χ2n) is 4.80. The highest BCUT2D eigenvalue weighted by atomic mass is 19.4. The molecule has 1 aromatic rings. The molecule has 0 heterocycles. The zero-order chi connectivity index (χ0) is 14.7. The van der Waals surface area contributed by atoms with Gasteiger partial charge in [0.15, 0.2) is 0 Å². The van der Waals surface area contributed by atoms with Gasteiger partial charge in [0.05, 0.1) is 5.41 Å². The molecule has 0 saturated heterocycles. The normalized spacial score (nSPS) is 14.0. The SMILES string of the molecule is CC(C)(C(=O)OCc1ccccc1)[C@H](N)C(F)(F)F. The van der Waals surface area contributed by atoms with Crippen LogP contribution in [0.4, 0.5) is 13.2 Å². The van der Waals surface area contributed by atoms with E-state index in [0.717, 1.165) is 13.8 Å². The summed E-state index contributed by atoms with van der Waals surface area (Å²) in [5, 5.41) is 0. The molecular weight excluding hydrogens is 259 g/mol. The van der Waals surface area contributed by atoms with Gasteiger partial charge in [0.25, 0.3) is 0 Å². The van der Waals surface area contributed by atoms with Crippen LogP contribution in [0.3, 0.4) is 0 Å². The van der Waals surface area contributed by atoms with Crippen LogP contribution >= 0.6 is 0 Å². The molecule has 0 amide bonds. The van der Waals surface area contributed by atoms with Crippen LogP contribution in [0, 0.1) is 5.41 Å². The minimum Gasteiger partial charge on any atom is -0.460 e. The van der Waals surface area contributed by atoms with E-state index in [4.69, 9.17) is 10.5 Å². The zero-order valence-corrected chi connectivity index (χ0v) is 10.7. The molecule has 1 atom stereocenters. The van der Waals surface area contributed by atoms with Gasteiger partial charge in [-0.3, -0.25) is 4.79 Å². The molecule has 0 spiro atoms. The van der Waals surface area contributed by atoms with Crippen LogP contribution in [-0.2, 0) is 16.1 Å². The van der Waals surface area contributed by atoms with Crippen molar-refractivity contribution >= 4 is 5.97 Å². The van der Waals surface area contributed by atoms with Gasteiger partial charge in [-0.2, -0.15) is 13.2 Å². The largest absolute Gasteiger partial charge is 0.460 e. The Morgan fingerprint density at radius 2 is 1.79 bits per heavy atom. The third kappa shape index (κ3) is 3.96. The summed E-state index contributed by atoms with van der Waals surface area (Å²) < 4.78 is 42.5.